The quantitative estimate of drug-likeness (QED) is 0.732. The van der Waals surface area contributed by atoms with Crippen LogP contribution in [-0.2, 0) is 11.2 Å². The van der Waals surface area contributed by atoms with Crippen LogP contribution in [0.1, 0.15) is 31.7 Å². The van der Waals surface area contributed by atoms with E-state index in [0.717, 1.165) is 12.8 Å². The molecule has 1 rings (SSSR count). The molecule has 0 aromatic heterocycles. The average Bonchev–Trinajstić information content (AvgIpc) is 2.21. The maximum atomic E-state index is 13.1. The molecule has 1 aromatic rings. The van der Waals surface area contributed by atoms with Gasteiger partial charge in [-0.2, -0.15) is 0 Å². The number of rotatable bonds is 5. The van der Waals surface area contributed by atoms with Gasteiger partial charge in [0.05, 0.1) is 0 Å². The lowest BCUT2D eigenvalue weighted by atomic mass is 10.0. The van der Waals surface area contributed by atoms with Crippen molar-refractivity contribution < 1.29 is 13.6 Å². The minimum absolute atomic E-state index is 0.110. The van der Waals surface area contributed by atoms with Crippen LogP contribution in [0.4, 0.5) is 8.78 Å². The fraction of sp³-hybridized carbons (Fsp3) is 0.417. The minimum atomic E-state index is -0.639. The zero-order chi connectivity index (χ0) is 11.3. The molecule has 0 aliphatic rings. The molecule has 82 valence electrons. The smallest absolute Gasteiger partial charge is 0.137 e. The average molecular weight is 212 g/mol. The number of benzene rings is 1. The predicted octanol–water partition coefficient (Wildman–Crippen LogP) is 3.27. The highest BCUT2D eigenvalue weighted by Gasteiger charge is 2.12. The van der Waals surface area contributed by atoms with Gasteiger partial charge < -0.3 is 0 Å². The van der Waals surface area contributed by atoms with Gasteiger partial charge in [-0.1, -0.05) is 19.4 Å². The normalized spacial score (nSPS) is 10.3. The highest BCUT2D eigenvalue weighted by Crippen LogP contribution is 2.14. The zero-order valence-electron chi connectivity index (χ0n) is 8.72. The molecule has 1 aromatic carbocycles. The zero-order valence-corrected chi connectivity index (χ0v) is 8.72. The van der Waals surface area contributed by atoms with E-state index >= 15 is 0 Å². The third-order valence-corrected chi connectivity index (χ3v) is 2.24. The van der Waals surface area contributed by atoms with Gasteiger partial charge in [-0.05, 0) is 18.6 Å². The lowest BCUT2D eigenvalue weighted by Gasteiger charge is -2.03. The van der Waals surface area contributed by atoms with Crippen LogP contribution >= 0.6 is 0 Å². The summed E-state index contributed by atoms with van der Waals surface area (Å²) in [5.41, 5.74) is -0.112. The van der Waals surface area contributed by atoms with E-state index in [1.165, 1.54) is 18.2 Å². The molecule has 0 saturated carbocycles. The first-order valence-corrected chi connectivity index (χ1v) is 5.09. The number of carbonyl (C=O) groups is 1. The number of halogens is 2. The summed E-state index contributed by atoms with van der Waals surface area (Å²) in [5, 5.41) is 0. The van der Waals surface area contributed by atoms with Crippen molar-refractivity contribution in [3.05, 3.63) is 35.4 Å². The SMILES string of the molecule is CCCCC(=O)Cc1c(F)cccc1F. The molecule has 0 aliphatic carbocycles. The van der Waals surface area contributed by atoms with E-state index < -0.39 is 11.6 Å². The number of hydrogen-bond acceptors (Lipinski definition) is 1. The minimum Gasteiger partial charge on any atom is -0.299 e. The Morgan fingerprint density at radius 2 is 1.87 bits per heavy atom. The first kappa shape index (κ1) is 11.8. The summed E-state index contributed by atoms with van der Waals surface area (Å²) in [5.74, 6) is -1.39. The highest BCUT2D eigenvalue weighted by molar-refractivity contribution is 5.80. The molecule has 0 atom stereocenters. The summed E-state index contributed by atoms with van der Waals surface area (Å²) >= 11 is 0. The maximum Gasteiger partial charge on any atom is 0.137 e. The molecule has 0 amide bonds. The van der Waals surface area contributed by atoms with E-state index in [2.05, 4.69) is 0 Å². The topological polar surface area (TPSA) is 17.1 Å². The molecule has 0 aliphatic heterocycles. The Morgan fingerprint density at radius 1 is 1.27 bits per heavy atom. The number of ketones is 1. The summed E-state index contributed by atoms with van der Waals surface area (Å²) in [6.07, 6.45) is 1.93. The lowest BCUT2D eigenvalue weighted by Crippen LogP contribution is -2.06. The van der Waals surface area contributed by atoms with Crippen molar-refractivity contribution in [2.45, 2.75) is 32.6 Å². The van der Waals surface area contributed by atoms with Gasteiger partial charge in [-0.3, -0.25) is 4.79 Å². The van der Waals surface area contributed by atoms with Crippen molar-refractivity contribution in [3.8, 4) is 0 Å². The summed E-state index contributed by atoms with van der Waals surface area (Å²) in [4.78, 5) is 11.3. The van der Waals surface area contributed by atoms with Gasteiger partial charge in [0.15, 0.2) is 0 Å². The Morgan fingerprint density at radius 3 is 2.40 bits per heavy atom. The standard InChI is InChI=1S/C12H14F2O/c1-2-3-5-9(15)8-10-11(13)6-4-7-12(10)14/h4,6-7H,2-3,5,8H2,1H3. The van der Waals surface area contributed by atoms with E-state index in [0.29, 0.717) is 6.42 Å². The monoisotopic (exact) mass is 212 g/mol. The van der Waals surface area contributed by atoms with Crippen LogP contribution in [0, 0.1) is 11.6 Å². The number of carbonyl (C=O) groups excluding carboxylic acids is 1. The fourth-order valence-electron chi connectivity index (χ4n) is 1.36. The molecule has 1 nitrogen and oxygen atoms in total. The molecular formula is C12H14F2O. The summed E-state index contributed by atoms with van der Waals surface area (Å²) < 4.78 is 26.3. The second-order valence-electron chi connectivity index (χ2n) is 3.52. The number of hydrogen-bond donors (Lipinski definition) is 0. The Bertz CT molecular complexity index is 327. The van der Waals surface area contributed by atoms with Crippen LogP contribution in [0.3, 0.4) is 0 Å². The molecule has 0 fully saturated rings. The van der Waals surface area contributed by atoms with Crippen LogP contribution in [0.5, 0.6) is 0 Å². The Labute approximate surface area is 88.1 Å². The van der Waals surface area contributed by atoms with Crippen molar-refractivity contribution in [2.75, 3.05) is 0 Å². The molecule has 0 heterocycles. The number of unbranched alkanes of at least 4 members (excludes halogenated alkanes) is 1. The van der Waals surface area contributed by atoms with Gasteiger partial charge in [0.25, 0.3) is 0 Å². The van der Waals surface area contributed by atoms with E-state index in [4.69, 9.17) is 0 Å². The summed E-state index contributed by atoms with van der Waals surface area (Å²) in [6, 6.07) is 3.64. The van der Waals surface area contributed by atoms with E-state index in [1.54, 1.807) is 0 Å². The third-order valence-electron chi connectivity index (χ3n) is 2.24. The van der Waals surface area contributed by atoms with E-state index in [1.807, 2.05) is 6.92 Å². The lowest BCUT2D eigenvalue weighted by molar-refractivity contribution is -0.118. The van der Waals surface area contributed by atoms with Crippen molar-refractivity contribution in [1.29, 1.82) is 0 Å². The Balaban J connectivity index is 2.68. The van der Waals surface area contributed by atoms with Gasteiger partial charge in [0.2, 0.25) is 0 Å². The second-order valence-corrected chi connectivity index (χ2v) is 3.52. The molecule has 0 spiro atoms. The molecule has 0 bridgehead atoms. The summed E-state index contributed by atoms with van der Waals surface area (Å²) in [7, 11) is 0. The predicted molar refractivity (Wildman–Crippen MR) is 54.6 cm³/mol. The molecule has 0 unspecified atom stereocenters. The Hall–Kier alpha value is -1.25. The van der Waals surface area contributed by atoms with Crippen molar-refractivity contribution in [2.24, 2.45) is 0 Å². The fourth-order valence-corrected chi connectivity index (χ4v) is 1.36. The van der Waals surface area contributed by atoms with Gasteiger partial charge in [-0.15, -0.1) is 0 Å². The molecule has 0 radical (unpaired) electrons. The van der Waals surface area contributed by atoms with Crippen LogP contribution in [0.2, 0.25) is 0 Å². The number of Topliss-reactive ketones (excluding diaryl/α,β-unsaturated/α-hetero) is 1. The largest absolute Gasteiger partial charge is 0.299 e. The van der Waals surface area contributed by atoms with Crippen molar-refractivity contribution in [1.82, 2.24) is 0 Å². The van der Waals surface area contributed by atoms with Crippen LogP contribution in [0.25, 0.3) is 0 Å². The van der Waals surface area contributed by atoms with Gasteiger partial charge >= 0.3 is 0 Å². The van der Waals surface area contributed by atoms with Crippen LogP contribution in [0.15, 0.2) is 18.2 Å². The Kier molecular flexibility index (Phi) is 4.40. The van der Waals surface area contributed by atoms with Crippen LogP contribution in [-0.4, -0.2) is 5.78 Å². The van der Waals surface area contributed by atoms with Gasteiger partial charge in [-0.25, -0.2) is 8.78 Å². The molecule has 15 heavy (non-hydrogen) atoms. The summed E-state index contributed by atoms with van der Waals surface area (Å²) in [6.45, 7) is 1.97. The van der Waals surface area contributed by atoms with E-state index in [-0.39, 0.29) is 17.8 Å². The maximum absolute atomic E-state index is 13.1. The van der Waals surface area contributed by atoms with E-state index in [9.17, 15) is 13.6 Å². The molecule has 0 saturated heterocycles. The van der Waals surface area contributed by atoms with Crippen molar-refractivity contribution >= 4 is 5.78 Å². The molecule has 0 N–H and O–H groups in total. The van der Waals surface area contributed by atoms with Crippen molar-refractivity contribution in [3.63, 3.8) is 0 Å². The second kappa shape index (κ2) is 5.59. The molecule has 3 heteroatoms. The first-order valence-electron chi connectivity index (χ1n) is 5.09. The first-order chi connectivity index (χ1) is 7.15. The highest BCUT2D eigenvalue weighted by atomic mass is 19.1. The van der Waals surface area contributed by atoms with Gasteiger partial charge in [0.1, 0.15) is 17.4 Å². The molecular weight excluding hydrogens is 198 g/mol. The van der Waals surface area contributed by atoms with Gasteiger partial charge in [0, 0.05) is 18.4 Å². The van der Waals surface area contributed by atoms with Crippen LogP contribution < -0.4 is 0 Å². The third kappa shape index (κ3) is 3.42.